The largest absolute Gasteiger partial charge is 0.495 e. The van der Waals surface area contributed by atoms with Crippen LogP contribution in [-0.4, -0.2) is 21.9 Å². The Labute approximate surface area is 122 Å². The molecule has 0 unspecified atom stereocenters. The molecule has 0 saturated heterocycles. The zero-order valence-corrected chi connectivity index (χ0v) is 12.3. The van der Waals surface area contributed by atoms with Crippen molar-refractivity contribution < 1.29 is 4.74 Å². The number of aryl methyl sites for hydroxylation is 1. The Morgan fingerprint density at radius 2 is 2.15 bits per heavy atom. The van der Waals surface area contributed by atoms with Gasteiger partial charge in [-0.2, -0.15) is 0 Å². The molecular weight excluding hydrogens is 272 g/mol. The number of aromatic nitrogens is 3. The lowest BCUT2D eigenvalue weighted by molar-refractivity contribution is 0.416. The van der Waals surface area contributed by atoms with E-state index in [0.29, 0.717) is 11.4 Å². The average Bonchev–Trinajstić information content (AvgIpc) is 2.69. The molecule has 0 radical (unpaired) electrons. The standard InChI is InChI=1S/C14H18N4OS/c1-19-12-9-10(6-7-11(12)15)20-14-17-16-13-5-3-2-4-8-18(13)14/h6-7,9H,2-5,8,15H2,1H3. The molecule has 1 aliphatic heterocycles. The first-order valence-corrected chi connectivity index (χ1v) is 7.63. The van der Waals surface area contributed by atoms with Crippen LogP contribution in [0.25, 0.3) is 0 Å². The topological polar surface area (TPSA) is 66.0 Å². The molecule has 0 atom stereocenters. The summed E-state index contributed by atoms with van der Waals surface area (Å²) in [5, 5.41) is 9.58. The predicted octanol–water partition coefficient (Wildman–Crippen LogP) is 2.75. The fourth-order valence-electron chi connectivity index (χ4n) is 2.39. The van der Waals surface area contributed by atoms with E-state index in [2.05, 4.69) is 14.8 Å². The van der Waals surface area contributed by atoms with Crippen molar-refractivity contribution in [2.24, 2.45) is 0 Å². The van der Waals surface area contributed by atoms with Gasteiger partial charge in [0.1, 0.15) is 11.6 Å². The Bertz CT molecular complexity index is 611. The lowest BCUT2D eigenvalue weighted by atomic mass is 10.2. The van der Waals surface area contributed by atoms with Crippen LogP contribution < -0.4 is 10.5 Å². The van der Waals surface area contributed by atoms with Gasteiger partial charge < -0.3 is 15.0 Å². The number of fused-ring (bicyclic) bond motifs is 1. The number of benzene rings is 1. The number of anilines is 1. The number of hydrogen-bond donors (Lipinski definition) is 1. The second-order valence-electron chi connectivity index (χ2n) is 4.87. The van der Waals surface area contributed by atoms with Gasteiger partial charge in [0.25, 0.3) is 0 Å². The SMILES string of the molecule is COc1cc(Sc2nnc3n2CCCCC3)ccc1N. The Balaban J connectivity index is 1.86. The number of rotatable bonds is 3. The summed E-state index contributed by atoms with van der Waals surface area (Å²) in [5.74, 6) is 1.80. The van der Waals surface area contributed by atoms with Gasteiger partial charge >= 0.3 is 0 Å². The van der Waals surface area contributed by atoms with Crippen LogP contribution in [0.3, 0.4) is 0 Å². The lowest BCUT2D eigenvalue weighted by Gasteiger charge is -2.08. The van der Waals surface area contributed by atoms with Crippen LogP contribution in [0.1, 0.15) is 25.1 Å². The maximum atomic E-state index is 5.84. The molecule has 0 amide bonds. The summed E-state index contributed by atoms with van der Waals surface area (Å²) < 4.78 is 7.49. The molecule has 106 valence electrons. The van der Waals surface area contributed by atoms with E-state index in [4.69, 9.17) is 10.5 Å². The van der Waals surface area contributed by atoms with E-state index in [-0.39, 0.29) is 0 Å². The number of methoxy groups -OCH3 is 1. The molecule has 20 heavy (non-hydrogen) atoms. The smallest absolute Gasteiger partial charge is 0.196 e. The van der Waals surface area contributed by atoms with E-state index < -0.39 is 0 Å². The minimum Gasteiger partial charge on any atom is -0.495 e. The van der Waals surface area contributed by atoms with Gasteiger partial charge in [-0.3, -0.25) is 0 Å². The third kappa shape index (κ3) is 2.60. The molecule has 0 bridgehead atoms. The van der Waals surface area contributed by atoms with Crippen LogP contribution in [0.2, 0.25) is 0 Å². The van der Waals surface area contributed by atoms with Crippen LogP contribution in [0.4, 0.5) is 5.69 Å². The van der Waals surface area contributed by atoms with E-state index >= 15 is 0 Å². The first-order chi connectivity index (χ1) is 9.78. The molecule has 2 N–H and O–H groups in total. The van der Waals surface area contributed by atoms with Crippen molar-refractivity contribution in [3.05, 3.63) is 24.0 Å². The Kier molecular flexibility index (Phi) is 3.82. The normalized spacial score (nSPS) is 14.7. The van der Waals surface area contributed by atoms with Crippen molar-refractivity contribution in [3.8, 4) is 5.75 Å². The zero-order valence-electron chi connectivity index (χ0n) is 11.5. The summed E-state index contributed by atoms with van der Waals surface area (Å²) >= 11 is 1.61. The molecular formula is C14H18N4OS. The average molecular weight is 290 g/mol. The monoisotopic (exact) mass is 290 g/mol. The first-order valence-electron chi connectivity index (χ1n) is 6.81. The van der Waals surface area contributed by atoms with E-state index in [0.717, 1.165) is 28.8 Å². The maximum absolute atomic E-state index is 5.84. The minimum atomic E-state index is 0.650. The van der Waals surface area contributed by atoms with Crippen molar-refractivity contribution >= 4 is 17.4 Å². The Morgan fingerprint density at radius 3 is 3.00 bits per heavy atom. The first kappa shape index (κ1) is 13.3. The van der Waals surface area contributed by atoms with Gasteiger partial charge in [-0.1, -0.05) is 6.42 Å². The second kappa shape index (κ2) is 5.75. The molecule has 1 aromatic heterocycles. The highest BCUT2D eigenvalue weighted by molar-refractivity contribution is 7.99. The van der Waals surface area contributed by atoms with Gasteiger partial charge in [0.05, 0.1) is 12.8 Å². The van der Waals surface area contributed by atoms with E-state index in [9.17, 15) is 0 Å². The molecule has 0 aliphatic carbocycles. The Morgan fingerprint density at radius 1 is 1.25 bits per heavy atom. The van der Waals surface area contributed by atoms with Gasteiger partial charge in [0, 0.05) is 17.9 Å². The quantitative estimate of drug-likeness (QED) is 0.880. The zero-order chi connectivity index (χ0) is 13.9. The summed E-state index contributed by atoms with van der Waals surface area (Å²) in [4.78, 5) is 1.07. The highest BCUT2D eigenvalue weighted by atomic mass is 32.2. The summed E-state index contributed by atoms with van der Waals surface area (Å²) in [6, 6.07) is 5.79. The predicted molar refractivity (Wildman–Crippen MR) is 79.1 cm³/mol. The fraction of sp³-hybridized carbons (Fsp3) is 0.429. The van der Waals surface area contributed by atoms with Crippen molar-refractivity contribution in [2.75, 3.05) is 12.8 Å². The summed E-state index contributed by atoms with van der Waals surface area (Å²) in [6.07, 6.45) is 4.70. The third-order valence-corrected chi connectivity index (χ3v) is 4.46. The van der Waals surface area contributed by atoms with Crippen LogP contribution in [0, 0.1) is 0 Å². The molecule has 5 nitrogen and oxygen atoms in total. The van der Waals surface area contributed by atoms with Crippen LogP contribution in [-0.2, 0) is 13.0 Å². The van der Waals surface area contributed by atoms with E-state index in [1.807, 2.05) is 18.2 Å². The van der Waals surface area contributed by atoms with Crippen molar-refractivity contribution in [1.82, 2.24) is 14.8 Å². The number of hydrogen-bond acceptors (Lipinski definition) is 5. The number of nitrogens with two attached hydrogens (primary N) is 1. The lowest BCUT2D eigenvalue weighted by Crippen LogP contribution is -2.02. The van der Waals surface area contributed by atoms with Gasteiger partial charge in [-0.25, -0.2) is 0 Å². The van der Waals surface area contributed by atoms with Gasteiger partial charge in [0.15, 0.2) is 5.16 Å². The van der Waals surface area contributed by atoms with E-state index in [1.54, 1.807) is 18.9 Å². The van der Waals surface area contributed by atoms with Crippen molar-refractivity contribution in [1.29, 1.82) is 0 Å². The van der Waals surface area contributed by atoms with Gasteiger partial charge in [0.2, 0.25) is 0 Å². The highest BCUT2D eigenvalue weighted by Crippen LogP contribution is 2.33. The Hall–Kier alpha value is -1.69. The number of nitrogen functional groups attached to an aromatic ring is 1. The fourth-order valence-corrected chi connectivity index (χ4v) is 3.30. The summed E-state index contributed by atoms with van der Waals surface area (Å²) in [6.45, 7) is 1.01. The minimum absolute atomic E-state index is 0.650. The molecule has 0 fully saturated rings. The number of nitrogens with zero attached hydrogens (tertiary/aromatic N) is 3. The second-order valence-corrected chi connectivity index (χ2v) is 5.91. The summed E-state index contributed by atoms with van der Waals surface area (Å²) in [5.41, 5.74) is 6.49. The molecule has 1 aliphatic rings. The maximum Gasteiger partial charge on any atom is 0.196 e. The molecule has 1 aromatic carbocycles. The molecule has 6 heteroatoms. The molecule has 3 rings (SSSR count). The van der Waals surface area contributed by atoms with Crippen molar-refractivity contribution in [2.45, 2.75) is 42.3 Å². The van der Waals surface area contributed by atoms with Crippen LogP contribution >= 0.6 is 11.8 Å². The van der Waals surface area contributed by atoms with Gasteiger partial charge in [-0.15, -0.1) is 10.2 Å². The van der Waals surface area contributed by atoms with E-state index in [1.165, 1.54) is 19.3 Å². The van der Waals surface area contributed by atoms with Crippen molar-refractivity contribution in [3.63, 3.8) is 0 Å². The van der Waals surface area contributed by atoms with Crippen LogP contribution in [0.5, 0.6) is 5.75 Å². The number of ether oxygens (including phenoxy) is 1. The molecule has 2 heterocycles. The van der Waals surface area contributed by atoms with Crippen LogP contribution in [0.15, 0.2) is 28.3 Å². The van der Waals surface area contributed by atoms with Gasteiger partial charge in [-0.05, 0) is 42.8 Å². The summed E-state index contributed by atoms with van der Waals surface area (Å²) in [7, 11) is 1.63. The highest BCUT2D eigenvalue weighted by Gasteiger charge is 2.15. The molecule has 2 aromatic rings. The molecule has 0 saturated carbocycles. The molecule has 0 spiro atoms. The third-order valence-electron chi connectivity index (χ3n) is 3.49.